The third-order valence-electron chi connectivity index (χ3n) is 1.87. The Kier molecular flexibility index (Phi) is 4.76. The van der Waals surface area contributed by atoms with Gasteiger partial charge in [0.25, 0.3) is 0 Å². The summed E-state index contributed by atoms with van der Waals surface area (Å²) in [7, 11) is 0. The van der Waals surface area contributed by atoms with Crippen molar-refractivity contribution >= 4 is 0 Å². The summed E-state index contributed by atoms with van der Waals surface area (Å²) in [5.74, 6) is -2.20. The fourth-order valence-corrected chi connectivity index (χ4v) is 0.782. The average Bonchev–Trinajstić information content (AvgIpc) is 2.14. The van der Waals surface area contributed by atoms with Crippen molar-refractivity contribution in [2.75, 3.05) is 19.8 Å². The quantitative estimate of drug-likeness (QED) is 0.258. The molecule has 0 saturated heterocycles. The molecule has 6 heteroatoms. The molecule has 0 radical (unpaired) electrons. The summed E-state index contributed by atoms with van der Waals surface area (Å²) in [5, 5.41) is 47.0. The first kappa shape index (κ1) is 12.8. The highest BCUT2D eigenvalue weighted by atomic mass is 16.5. The van der Waals surface area contributed by atoms with Gasteiger partial charge in [-0.05, 0) is 0 Å². The average molecular weight is 195 g/mol. The predicted octanol–water partition coefficient (Wildman–Crippen LogP) is -2.66. The van der Waals surface area contributed by atoms with E-state index in [0.29, 0.717) is 0 Å². The lowest BCUT2D eigenvalue weighted by atomic mass is 10.0. The maximum absolute atomic E-state index is 9.16. The fraction of sp³-hybridized carbons (Fsp3) is 1.00. The molecule has 0 amide bonds. The van der Waals surface area contributed by atoms with Crippen LogP contribution in [0.3, 0.4) is 0 Å². The summed E-state index contributed by atoms with van der Waals surface area (Å²) in [6.07, 6.45) is -0.0330. The van der Waals surface area contributed by atoms with Gasteiger partial charge in [-0.15, -0.1) is 0 Å². The van der Waals surface area contributed by atoms with E-state index in [1.54, 1.807) is 0 Å². The monoisotopic (exact) mass is 195 g/mol. The Bertz CT molecular complexity index is 138. The summed E-state index contributed by atoms with van der Waals surface area (Å²) in [5.41, 5.74) is -1.47. The molecule has 13 heavy (non-hydrogen) atoms. The molecular weight excluding hydrogens is 178 g/mol. The minimum atomic E-state index is -2.20. The highest BCUT2D eigenvalue weighted by Crippen LogP contribution is 2.09. The summed E-state index contributed by atoms with van der Waals surface area (Å²) >= 11 is 0. The maximum atomic E-state index is 9.16. The van der Waals surface area contributed by atoms with Crippen LogP contribution in [0.25, 0.3) is 0 Å². The van der Waals surface area contributed by atoms with Gasteiger partial charge >= 0.3 is 0 Å². The number of nitrogens with one attached hydrogen (secondary N) is 1. The van der Waals surface area contributed by atoms with E-state index in [9.17, 15) is 0 Å². The third-order valence-corrected chi connectivity index (χ3v) is 1.87. The lowest BCUT2D eigenvalue weighted by molar-refractivity contribution is -0.212. The van der Waals surface area contributed by atoms with Crippen LogP contribution in [0.2, 0.25) is 0 Å². The van der Waals surface area contributed by atoms with Crippen molar-refractivity contribution in [3.63, 3.8) is 0 Å². The zero-order chi connectivity index (χ0) is 10.5. The minimum absolute atomic E-state index is 0.0330. The van der Waals surface area contributed by atoms with Crippen LogP contribution in [-0.4, -0.2) is 56.8 Å². The van der Waals surface area contributed by atoms with Crippen molar-refractivity contribution in [3.05, 3.63) is 0 Å². The number of hydrogen-bond acceptors (Lipinski definition) is 6. The number of aliphatic hydroxyl groups is 5. The first-order chi connectivity index (χ1) is 5.95. The van der Waals surface area contributed by atoms with Crippen LogP contribution < -0.4 is 5.32 Å². The molecule has 0 bridgehead atoms. The second-order valence-corrected chi connectivity index (χ2v) is 3.05. The Hall–Kier alpha value is -0.240. The molecule has 80 valence electrons. The standard InChI is InChI=1S/C7H17NO5/c1-2-7(12,13)8-6(3-9,4-10)5-11/h8-13H,2-5H2,1H3. The number of hydrogen-bond donors (Lipinski definition) is 6. The Morgan fingerprint density at radius 1 is 1.00 bits per heavy atom. The van der Waals surface area contributed by atoms with Crippen LogP contribution in [-0.2, 0) is 0 Å². The lowest BCUT2D eigenvalue weighted by Gasteiger charge is -2.35. The maximum Gasteiger partial charge on any atom is 0.222 e. The van der Waals surface area contributed by atoms with Gasteiger partial charge in [0.1, 0.15) is 0 Å². The molecule has 0 atom stereocenters. The van der Waals surface area contributed by atoms with E-state index >= 15 is 0 Å². The molecule has 0 saturated carbocycles. The molecule has 0 aliphatic heterocycles. The minimum Gasteiger partial charge on any atom is -0.394 e. The molecule has 0 aliphatic rings. The number of aliphatic hydroxyl groups excluding tert-OH is 3. The lowest BCUT2D eigenvalue weighted by Crippen LogP contribution is -2.63. The third kappa shape index (κ3) is 3.55. The van der Waals surface area contributed by atoms with Gasteiger partial charge in [0, 0.05) is 6.42 Å². The Balaban J connectivity index is 4.41. The zero-order valence-corrected chi connectivity index (χ0v) is 7.56. The molecule has 0 heterocycles. The van der Waals surface area contributed by atoms with Crippen LogP contribution >= 0.6 is 0 Å². The van der Waals surface area contributed by atoms with Crippen LogP contribution in [0.5, 0.6) is 0 Å². The van der Waals surface area contributed by atoms with Crippen molar-refractivity contribution in [1.29, 1.82) is 0 Å². The fourth-order valence-electron chi connectivity index (χ4n) is 0.782. The van der Waals surface area contributed by atoms with Crippen LogP contribution in [0.4, 0.5) is 0 Å². The van der Waals surface area contributed by atoms with E-state index in [0.717, 1.165) is 0 Å². The SMILES string of the molecule is CCC(O)(O)NC(CO)(CO)CO. The van der Waals surface area contributed by atoms with Crippen molar-refractivity contribution in [2.45, 2.75) is 24.8 Å². The highest BCUT2D eigenvalue weighted by molar-refractivity contribution is 4.88. The molecule has 0 aromatic heterocycles. The van der Waals surface area contributed by atoms with Crippen molar-refractivity contribution in [3.8, 4) is 0 Å². The van der Waals surface area contributed by atoms with E-state index in [4.69, 9.17) is 25.5 Å². The van der Waals surface area contributed by atoms with E-state index in [1.165, 1.54) is 6.92 Å². The Morgan fingerprint density at radius 2 is 1.38 bits per heavy atom. The molecule has 6 N–H and O–H groups in total. The highest BCUT2D eigenvalue weighted by Gasteiger charge is 2.35. The van der Waals surface area contributed by atoms with Gasteiger partial charge in [-0.3, -0.25) is 5.32 Å². The molecule has 0 unspecified atom stereocenters. The Morgan fingerprint density at radius 3 is 1.62 bits per heavy atom. The largest absolute Gasteiger partial charge is 0.394 e. The molecule has 0 aromatic rings. The summed E-state index contributed by atoms with van der Waals surface area (Å²) in [4.78, 5) is 0. The van der Waals surface area contributed by atoms with Gasteiger partial charge in [0.2, 0.25) is 5.91 Å². The summed E-state index contributed by atoms with van der Waals surface area (Å²) < 4.78 is 0. The molecule has 0 aromatic carbocycles. The summed E-state index contributed by atoms with van der Waals surface area (Å²) in [6.45, 7) is -0.279. The number of rotatable bonds is 6. The normalized spacial score (nSPS) is 13.4. The molecular formula is C7H17NO5. The molecule has 0 aliphatic carbocycles. The van der Waals surface area contributed by atoms with Crippen LogP contribution in [0, 0.1) is 0 Å². The smallest absolute Gasteiger partial charge is 0.222 e. The first-order valence-corrected chi connectivity index (χ1v) is 4.02. The van der Waals surface area contributed by atoms with Crippen LogP contribution in [0.1, 0.15) is 13.3 Å². The van der Waals surface area contributed by atoms with Crippen molar-refractivity contribution in [2.24, 2.45) is 0 Å². The van der Waals surface area contributed by atoms with Crippen molar-refractivity contribution in [1.82, 2.24) is 5.32 Å². The molecule has 0 fully saturated rings. The second kappa shape index (κ2) is 4.85. The predicted molar refractivity (Wildman–Crippen MR) is 44.6 cm³/mol. The molecule has 0 rings (SSSR count). The topological polar surface area (TPSA) is 113 Å². The van der Waals surface area contributed by atoms with Gasteiger partial charge in [0.05, 0.1) is 25.4 Å². The second-order valence-electron chi connectivity index (χ2n) is 3.05. The first-order valence-electron chi connectivity index (χ1n) is 4.02. The van der Waals surface area contributed by atoms with Crippen molar-refractivity contribution < 1.29 is 25.5 Å². The van der Waals surface area contributed by atoms with E-state index in [1.807, 2.05) is 0 Å². The van der Waals surface area contributed by atoms with E-state index in [2.05, 4.69) is 5.32 Å². The van der Waals surface area contributed by atoms with Gasteiger partial charge in [-0.2, -0.15) is 0 Å². The Labute approximate surface area is 76.4 Å². The van der Waals surface area contributed by atoms with E-state index in [-0.39, 0.29) is 6.42 Å². The van der Waals surface area contributed by atoms with E-state index < -0.39 is 31.3 Å². The summed E-state index contributed by atoms with van der Waals surface area (Å²) in [6, 6.07) is 0. The molecule has 0 spiro atoms. The van der Waals surface area contributed by atoms with Gasteiger partial charge in [-0.1, -0.05) is 6.92 Å². The van der Waals surface area contributed by atoms with Gasteiger partial charge < -0.3 is 25.5 Å². The van der Waals surface area contributed by atoms with Gasteiger partial charge in [0.15, 0.2) is 0 Å². The molecule has 6 nitrogen and oxygen atoms in total. The van der Waals surface area contributed by atoms with Gasteiger partial charge in [-0.25, -0.2) is 0 Å². The zero-order valence-electron chi connectivity index (χ0n) is 7.56. The van der Waals surface area contributed by atoms with Crippen LogP contribution in [0.15, 0.2) is 0 Å².